The second kappa shape index (κ2) is 15.8. The first-order valence-electron chi connectivity index (χ1n) is 16.1. The van der Waals surface area contributed by atoms with Crippen LogP contribution in [0.2, 0.25) is 0 Å². The SMILES string of the molecule is CC(C)c1cc(C(C)C)n([BH-](n2nc(C(C)C)cc2C(C)C)n2nc(C(C)C)cc2C(C)C)n1.O=[N+]([O-])c1ccc(O)c(O)c1.[Mn]. The zero-order valence-electron chi connectivity index (χ0n) is 29.4. The van der Waals surface area contributed by atoms with Gasteiger partial charge in [-0.05, 0) is 59.8 Å². The summed E-state index contributed by atoms with van der Waals surface area (Å²) < 4.78 is 6.81. The molecule has 0 unspecified atom stereocenters. The largest absolute Gasteiger partial charge is 0.504 e. The van der Waals surface area contributed by atoms with Gasteiger partial charge in [0.05, 0.1) is 28.1 Å². The van der Waals surface area contributed by atoms with Gasteiger partial charge < -0.3 is 24.0 Å². The third-order valence-electron chi connectivity index (χ3n) is 8.01. The molecule has 13 heteroatoms. The van der Waals surface area contributed by atoms with E-state index in [-0.39, 0.29) is 28.5 Å². The maximum atomic E-state index is 10.1. The number of hydrogen-bond donors (Lipinski definition) is 2. The Morgan fingerprint density at radius 2 is 0.913 bits per heavy atom. The number of aromatic hydroxyl groups is 2. The summed E-state index contributed by atoms with van der Waals surface area (Å²) >= 11 is 0. The number of nitro benzene ring substituents is 1. The molecule has 11 nitrogen and oxygen atoms in total. The fourth-order valence-corrected chi connectivity index (χ4v) is 5.28. The molecule has 0 saturated heterocycles. The predicted octanol–water partition coefficient (Wildman–Crippen LogP) is 7.68. The van der Waals surface area contributed by atoms with Crippen molar-refractivity contribution in [2.45, 2.75) is 119 Å². The van der Waals surface area contributed by atoms with Gasteiger partial charge in [-0.2, -0.15) is 0 Å². The van der Waals surface area contributed by atoms with Gasteiger partial charge in [-0.3, -0.25) is 10.1 Å². The van der Waals surface area contributed by atoms with Crippen LogP contribution in [0.4, 0.5) is 5.69 Å². The molecule has 3 heterocycles. The number of phenolic OH excluding ortho intramolecular Hbond substituents is 2. The monoisotopic (exact) mass is 675 g/mol. The summed E-state index contributed by atoms with van der Waals surface area (Å²) in [7, 11) is -1.46. The molecule has 253 valence electrons. The Bertz CT molecular complexity index is 1470. The van der Waals surface area contributed by atoms with Gasteiger partial charge in [0, 0.05) is 40.2 Å². The van der Waals surface area contributed by atoms with E-state index in [9.17, 15) is 10.1 Å². The second-order valence-corrected chi connectivity index (χ2v) is 13.8. The summed E-state index contributed by atoms with van der Waals surface area (Å²) in [6, 6.07) is 9.93. The molecule has 0 fully saturated rings. The molecule has 0 aliphatic heterocycles. The van der Waals surface area contributed by atoms with Crippen molar-refractivity contribution in [2.24, 2.45) is 0 Å². The van der Waals surface area contributed by atoms with Gasteiger partial charge >= 0.3 is 7.12 Å². The number of aromatic nitrogens is 6. The third kappa shape index (κ3) is 8.61. The number of nitro groups is 1. The molecule has 0 spiro atoms. The van der Waals surface area contributed by atoms with Gasteiger partial charge in [-0.15, -0.1) is 0 Å². The molecular formula is C33H51BMnN7O4-. The van der Waals surface area contributed by atoms with Crippen molar-refractivity contribution in [3.05, 3.63) is 80.7 Å². The number of non-ortho nitro benzene ring substituents is 1. The molecule has 0 atom stereocenters. The van der Waals surface area contributed by atoms with Gasteiger partial charge in [0.25, 0.3) is 5.69 Å². The average molecular weight is 676 g/mol. The van der Waals surface area contributed by atoms with Crippen LogP contribution in [0.15, 0.2) is 36.4 Å². The predicted molar refractivity (Wildman–Crippen MR) is 181 cm³/mol. The van der Waals surface area contributed by atoms with E-state index in [2.05, 4.69) is 115 Å². The first kappa shape index (κ1) is 38.6. The van der Waals surface area contributed by atoms with E-state index >= 15 is 0 Å². The quantitative estimate of drug-likeness (QED) is 0.0761. The minimum Gasteiger partial charge on any atom is -0.504 e. The van der Waals surface area contributed by atoms with Gasteiger partial charge in [0.15, 0.2) is 11.5 Å². The fourth-order valence-electron chi connectivity index (χ4n) is 5.28. The van der Waals surface area contributed by atoms with Crippen molar-refractivity contribution in [1.29, 1.82) is 0 Å². The normalized spacial score (nSPS) is 11.7. The first-order chi connectivity index (χ1) is 20.9. The zero-order valence-corrected chi connectivity index (χ0v) is 30.5. The maximum Gasteiger partial charge on any atom is 0.326 e. The molecule has 1 radical (unpaired) electrons. The van der Waals surface area contributed by atoms with Gasteiger partial charge in [0.1, 0.15) is 0 Å². The van der Waals surface area contributed by atoms with Crippen LogP contribution >= 0.6 is 0 Å². The van der Waals surface area contributed by atoms with E-state index in [0.717, 1.165) is 35.3 Å². The van der Waals surface area contributed by atoms with Crippen LogP contribution in [0.1, 0.15) is 153 Å². The van der Waals surface area contributed by atoms with Crippen molar-refractivity contribution in [3.63, 3.8) is 0 Å². The van der Waals surface area contributed by atoms with Crippen LogP contribution in [0, 0.1) is 10.1 Å². The molecule has 0 amide bonds. The van der Waals surface area contributed by atoms with E-state index in [1.165, 1.54) is 17.1 Å². The molecule has 0 saturated carbocycles. The van der Waals surface area contributed by atoms with E-state index in [4.69, 9.17) is 25.5 Å². The molecule has 0 bridgehead atoms. The summed E-state index contributed by atoms with van der Waals surface area (Å²) in [4.78, 5) is 9.42. The molecule has 0 aliphatic carbocycles. The summed E-state index contributed by atoms with van der Waals surface area (Å²) in [6.07, 6.45) is 0. The molecule has 2 N–H and O–H groups in total. The molecule has 0 aliphatic rings. The van der Waals surface area contributed by atoms with Crippen LogP contribution in [-0.2, 0) is 17.1 Å². The molecule has 4 aromatic rings. The van der Waals surface area contributed by atoms with E-state index in [0.29, 0.717) is 35.5 Å². The smallest absolute Gasteiger partial charge is 0.326 e. The Hall–Kier alpha value is -3.57. The van der Waals surface area contributed by atoms with Crippen LogP contribution in [0.3, 0.4) is 0 Å². The Kier molecular flexibility index (Phi) is 13.3. The van der Waals surface area contributed by atoms with Crippen molar-refractivity contribution >= 4 is 12.8 Å². The topological polar surface area (TPSA) is 137 Å². The van der Waals surface area contributed by atoms with Gasteiger partial charge in [-0.25, -0.2) is 15.3 Å². The second-order valence-electron chi connectivity index (χ2n) is 13.8. The van der Waals surface area contributed by atoms with Crippen LogP contribution in [-0.4, -0.2) is 51.3 Å². The standard InChI is InChI=1S/C27H46BN6.C6H5NO4.Mn/c1-16(2)22-13-25(19(7)8)32(29-22)28(33-26(20(9)10)14-23(30-33)17(3)4)34-27(21(11)12)15-24(31-34)18(5)6;8-5-2-1-4(7(10)11)3-6(5)9;/h13-21,28H,1-12H3;1-3,8-9H;/q-1;;. The fraction of sp³-hybridized carbons (Fsp3) is 0.545. The Morgan fingerprint density at radius 3 is 1.15 bits per heavy atom. The summed E-state index contributed by atoms with van der Waals surface area (Å²) in [5, 5.41) is 43.3. The number of rotatable bonds is 10. The van der Waals surface area contributed by atoms with Crippen molar-refractivity contribution in [1.82, 2.24) is 29.1 Å². The summed E-state index contributed by atoms with van der Waals surface area (Å²) in [5.41, 5.74) is 6.88. The maximum absolute atomic E-state index is 10.1. The summed E-state index contributed by atoms with van der Waals surface area (Å²) in [5.74, 6) is 1.28. The average Bonchev–Trinajstić information content (AvgIpc) is 3.69. The number of nitrogens with zero attached hydrogens (tertiary/aromatic N) is 7. The van der Waals surface area contributed by atoms with Gasteiger partial charge in [0.2, 0.25) is 0 Å². The molecule has 46 heavy (non-hydrogen) atoms. The minimum absolute atomic E-state index is 0. The van der Waals surface area contributed by atoms with Crippen molar-refractivity contribution in [2.75, 3.05) is 0 Å². The third-order valence-corrected chi connectivity index (χ3v) is 8.01. The molecular weight excluding hydrogens is 624 g/mol. The van der Waals surface area contributed by atoms with E-state index in [1.54, 1.807) is 0 Å². The number of benzene rings is 1. The molecule has 1 aromatic carbocycles. The van der Waals surface area contributed by atoms with Crippen molar-refractivity contribution in [3.8, 4) is 11.5 Å². The van der Waals surface area contributed by atoms with Crippen LogP contribution in [0.25, 0.3) is 0 Å². The Balaban J connectivity index is 0.000000519. The van der Waals surface area contributed by atoms with E-state index in [1.807, 2.05) is 0 Å². The Morgan fingerprint density at radius 1 is 0.587 bits per heavy atom. The zero-order chi connectivity index (χ0) is 33.9. The van der Waals surface area contributed by atoms with E-state index < -0.39 is 17.8 Å². The first-order valence-corrected chi connectivity index (χ1v) is 16.1. The van der Waals surface area contributed by atoms with Crippen LogP contribution in [0.5, 0.6) is 11.5 Å². The Labute approximate surface area is 284 Å². The molecule has 3 aromatic heterocycles. The minimum atomic E-state index is -1.46. The van der Waals surface area contributed by atoms with Crippen LogP contribution < -0.4 is 0 Å². The number of phenols is 2. The summed E-state index contributed by atoms with van der Waals surface area (Å²) in [6.45, 7) is 26.8. The molecule has 4 rings (SSSR count). The number of hydrogen-bond acceptors (Lipinski definition) is 7. The van der Waals surface area contributed by atoms with Gasteiger partial charge in [-0.1, -0.05) is 83.1 Å². The van der Waals surface area contributed by atoms with Crippen molar-refractivity contribution < 1.29 is 32.2 Å².